The van der Waals surface area contributed by atoms with E-state index in [4.69, 9.17) is 14.9 Å². The van der Waals surface area contributed by atoms with Gasteiger partial charge in [-0.2, -0.15) is 0 Å². The highest BCUT2D eigenvalue weighted by molar-refractivity contribution is 5.69. The Morgan fingerprint density at radius 1 is 0.885 bits per heavy atom. The molecular weight excluding hydrogens is 328 g/mol. The van der Waals surface area contributed by atoms with E-state index in [9.17, 15) is 4.79 Å². The Morgan fingerprint density at radius 2 is 1.46 bits per heavy atom. The number of esters is 1. The number of aliphatic hydroxyl groups is 2. The fourth-order valence-electron chi connectivity index (χ4n) is 2.57. The molecule has 0 saturated carbocycles. The van der Waals surface area contributed by atoms with Gasteiger partial charge in [-0.3, -0.25) is 4.79 Å². The highest BCUT2D eigenvalue weighted by Gasteiger charge is 2.07. The summed E-state index contributed by atoms with van der Waals surface area (Å²) in [6, 6.07) is 0. The molecule has 0 aliphatic carbocycles. The second kappa shape index (κ2) is 20.2. The van der Waals surface area contributed by atoms with E-state index in [0.717, 1.165) is 32.1 Å². The van der Waals surface area contributed by atoms with Gasteiger partial charge in [0, 0.05) is 6.42 Å². The van der Waals surface area contributed by atoms with E-state index in [1.54, 1.807) is 0 Å². The van der Waals surface area contributed by atoms with Crippen molar-refractivity contribution in [1.82, 2.24) is 0 Å². The van der Waals surface area contributed by atoms with Crippen molar-refractivity contribution in [1.29, 1.82) is 0 Å². The van der Waals surface area contributed by atoms with Gasteiger partial charge in [-0.15, -0.1) is 0 Å². The van der Waals surface area contributed by atoms with Gasteiger partial charge in [-0.1, -0.05) is 69.8 Å². The molecule has 1 atom stereocenters. The summed E-state index contributed by atoms with van der Waals surface area (Å²) in [6.07, 6.45) is 22.6. The summed E-state index contributed by atoms with van der Waals surface area (Å²) in [7, 11) is 0. The third-order valence-electron chi connectivity index (χ3n) is 4.23. The van der Waals surface area contributed by atoms with Crippen LogP contribution in [0.15, 0.2) is 24.3 Å². The molecule has 2 N–H and O–H groups in total. The minimum Gasteiger partial charge on any atom is -0.463 e. The number of ether oxygens (including phenoxy) is 1. The van der Waals surface area contributed by atoms with Crippen molar-refractivity contribution in [3.63, 3.8) is 0 Å². The van der Waals surface area contributed by atoms with E-state index < -0.39 is 6.10 Å². The zero-order valence-electron chi connectivity index (χ0n) is 16.7. The Bertz CT molecular complexity index is 363. The Labute approximate surface area is 160 Å². The molecule has 0 rings (SSSR count). The monoisotopic (exact) mass is 368 g/mol. The first-order valence-electron chi connectivity index (χ1n) is 10.4. The third kappa shape index (κ3) is 19.2. The molecule has 0 aromatic rings. The normalized spacial score (nSPS) is 12.9. The second-order valence-corrected chi connectivity index (χ2v) is 6.85. The first-order valence-corrected chi connectivity index (χ1v) is 10.4. The molecule has 0 radical (unpaired) electrons. The number of rotatable bonds is 18. The topological polar surface area (TPSA) is 66.8 Å². The summed E-state index contributed by atoms with van der Waals surface area (Å²) in [6.45, 7) is 1.75. The van der Waals surface area contributed by atoms with Crippen LogP contribution in [0.1, 0.15) is 90.4 Å². The van der Waals surface area contributed by atoms with Gasteiger partial charge < -0.3 is 14.9 Å². The molecule has 0 bridgehead atoms. The van der Waals surface area contributed by atoms with Gasteiger partial charge >= 0.3 is 5.97 Å². The summed E-state index contributed by atoms with van der Waals surface area (Å²) in [5, 5.41) is 17.7. The third-order valence-corrected chi connectivity index (χ3v) is 4.23. The molecule has 4 heteroatoms. The zero-order valence-corrected chi connectivity index (χ0v) is 16.7. The summed E-state index contributed by atoms with van der Waals surface area (Å²) < 4.78 is 4.86. The number of aliphatic hydroxyl groups excluding tert-OH is 2. The van der Waals surface area contributed by atoms with Gasteiger partial charge in [0.05, 0.1) is 6.61 Å². The molecule has 0 aromatic heterocycles. The molecule has 0 heterocycles. The number of carbonyl (C=O) groups excluding carboxylic acids is 1. The van der Waals surface area contributed by atoms with Crippen molar-refractivity contribution >= 4 is 5.97 Å². The lowest BCUT2D eigenvalue weighted by Crippen LogP contribution is -2.21. The predicted molar refractivity (Wildman–Crippen MR) is 108 cm³/mol. The van der Waals surface area contributed by atoms with E-state index in [0.29, 0.717) is 6.42 Å². The highest BCUT2D eigenvalue weighted by Crippen LogP contribution is 2.09. The van der Waals surface area contributed by atoms with Gasteiger partial charge in [0.1, 0.15) is 12.7 Å². The Balaban J connectivity index is 3.30. The molecule has 0 aromatic carbocycles. The number of carbonyl (C=O) groups is 1. The van der Waals surface area contributed by atoms with E-state index >= 15 is 0 Å². The molecule has 0 saturated heterocycles. The first kappa shape index (κ1) is 24.9. The summed E-state index contributed by atoms with van der Waals surface area (Å²) in [4.78, 5) is 11.4. The van der Waals surface area contributed by atoms with Crippen LogP contribution in [0, 0.1) is 0 Å². The molecule has 0 spiro atoms. The van der Waals surface area contributed by atoms with Crippen molar-refractivity contribution in [3.05, 3.63) is 24.3 Å². The SMILES string of the molecule is CCCCCC/C=C\C/C=C\CCCCCCCC(=O)OCC(O)CO. The Hall–Kier alpha value is -1.13. The van der Waals surface area contributed by atoms with Crippen LogP contribution in [0.2, 0.25) is 0 Å². The molecule has 0 aliphatic heterocycles. The Kier molecular flexibility index (Phi) is 19.3. The summed E-state index contributed by atoms with van der Waals surface area (Å²) in [5.74, 6) is -0.293. The lowest BCUT2D eigenvalue weighted by Gasteiger charge is -2.08. The number of hydrogen-bond donors (Lipinski definition) is 2. The van der Waals surface area contributed by atoms with Crippen molar-refractivity contribution < 1.29 is 19.7 Å². The van der Waals surface area contributed by atoms with Crippen LogP contribution in [0.3, 0.4) is 0 Å². The van der Waals surface area contributed by atoms with E-state index in [1.807, 2.05) is 0 Å². The molecule has 0 fully saturated rings. The number of allylic oxidation sites excluding steroid dienone is 4. The maximum absolute atomic E-state index is 11.4. The highest BCUT2D eigenvalue weighted by atomic mass is 16.5. The van der Waals surface area contributed by atoms with E-state index in [2.05, 4.69) is 31.2 Å². The second-order valence-electron chi connectivity index (χ2n) is 6.85. The average molecular weight is 369 g/mol. The zero-order chi connectivity index (χ0) is 19.3. The smallest absolute Gasteiger partial charge is 0.305 e. The first-order chi connectivity index (χ1) is 12.7. The summed E-state index contributed by atoms with van der Waals surface area (Å²) in [5.41, 5.74) is 0. The average Bonchev–Trinajstić information content (AvgIpc) is 2.65. The van der Waals surface area contributed by atoms with Crippen LogP contribution in [-0.2, 0) is 9.53 Å². The molecule has 26 heavy (non-hydrogen) atoms. The van der Waals surface area contributed by atoms with Crippen molar-refractivity contribution in [3.8, 4) is 0 Å². The molecule has 0 amide bonds. The fraction of sp³-hybridized carbons (Fsp3) is 0.773. The summed E-state index contributed by atoms with van der Waals surface area (Å²) >= 11 is 0. The van der Waals surface area contributed by atoms with Crippen molar-refractivity contribution in [2.24, 2.45) is 0 Å². The number of unbranched alkanes of at least 4 members (excludes halogenated alkanes) is 9. The van der Waals surface area contributed by atoms with Crippen LogP contribution in [0.5, 0.6) is 0 Å². The fourth-order valence-corrected chi connectivity index (χ4v) is 2.57. The predicted octanol–water partition coefficient (Wildman–Crippen LogP) is 5.09. The maximum atomic E-state index is 11.4. The molecular formula is C22H40O4. The lowest BCUT2D eigenvalue weighted by molar-refractivity contribution is -0.147. The molecule has 152 valence electrons. The van der Waals surface area contributed by atoms with Crippen LogP contribution in [0.4, 0.5) is 0 Å². The van der Waals surface area contributed by atoms with Gasteiger partial charge in [0.15, 0.2) is 0 Å². The van der Waals surface area contributed by atoms with Gasteiger partial charge in [-0.25, -0.2) is 0 Å². The van der Waals surface area contributed by atoms with Crippen molar-refractivity contribution in [2.75, 3.05) is 13.2 Å². The molecule has 4 nitrogen and oxygen atoms in total. The maximum Gasteiger partial charge on any atom is 0.305 e. The minimum atomic E-state index is -0.965. The van der Waals surface area contributed by atoms with Crippen LogP contribution < -0.4 is 0 Å². The van der Waals surface area contributed by atoms with Crippen molar-refractivity contribution in [2.45, 2.75) is 96.5 Å². The van der Waals surface area contributed by atoms with E-state index in [-0.39, 0.29) is 19.2 Å². The van der Waals surface area contributed by atoms with Crippen LogP contribution in [-0.4, -0.2) is 35.5 Å². The molecule has 1 unspecified atom stereocenters. The minimum absolute atomic E-state index is 0.115. The van der Waals surface area contributed by atoms with Crippen LogP contribution >= 0.6 is 0 Å². The Morgan fingerprint density at radius 3 is 2.08 bits per heavy atom. The quantitative estimate of drug-likeness (QED) is 0.201. The molecule has 0 aliphatic rings. The van der Waals surface area contributed by atoms with E-state index in [1.165, 1.54) is 44.9 Å². The van der Waals surface area contributed by atoms with Gasteiger partial charge in [0.2, 0.25) is 0 Å². The van der Waals surface area contributed by atoms with Gasteiger partial charge in [-0.05, 0) is 38.5 Å². The number of hydrogen-bond acceptors (Lipinski definition) is 4. The lowest BCUT2D eigenvalue weighted by atomic mass is 10.1. The van der Waals surface area contributed by atoms with Gasteiger partial charge in [0.25, 0.3) is 0 Å². The largest absolute Gasteiger partial charge is 0.463 e. The van der Waals surface area contributed by atoms with Crippen LogP contribution in [0.25, 0.3) is 0 Å². The standard InChI is InChI=1S/C22H40O4/c1-2-3-4-5-6-7-8-9-10-11-12-13-14-15-16-17-18-22(25)26-20-21(24)19-23/h7-8,10-11,21,23-24H,2-6,9,12-20H2,1H3/b8-7-,11-10-.